The first-order valence-corrected chi connectivity index (χ1v) is 12.5. The Balaban J connectivity index is 1.60. The van der Waals surface area contributed by atoms with Gasteiger partial charge in [0.25, 0.3) is 11.7 Å². The van der Waals surface area contributed by atoms with Gasteiger partial charge in [-0.3, -0.25) is 24.0 Å². The molecular weight excluding hydrogens is 520 g/mol. The Labute approximate surface area is 213 Å². The van der Waals surface area contributed by atoms with Crippen molar-refractivity contribution in [2.24, 2.45) is 5.41 Å². The highest BCUT2D eigenvalue weighted by Crippen LogP contribution is 2.43. The Kier molecular flexibility index (Phi) is 8.86. The van der Waals surface area contributed by atoms with E-state index < -0.39 is 52.8 Å². The monoisotopic (exact) mass is 544 g/mol. The summed E-state index contributed by atoms with van der Waals surface area (Å²) in [6.45, 7) is 2.91. The SMILES string of the molecule is CCOC(=O)OC(C)OC(=O)C1(COC)CS[C@@H]2C(NC(=O)C(=O)c3csc(NC=O)n3)C(=O)N2C1. The minimum absolute atomic E-state index is 0.0601. The molecule has 1 aromatic heterocycles. The Morgan fingerprint density at radius 2 is 2.08 bits per heavy atom. The van der Waals surface area contributed by atoms with Crippen LogP contribution in [0.4, 0.5) is 9.93 Å². The number of nitrogens with one attached hydrogen (secondary N) is 2. The van der Waals surface area contributed by atoms with E-state index in [-0.39, 0.29) is 36.3 Å². The summed E-state index contributed by atoms with van der Waals surface area (Å²) in [6, 6.07) is -0.972. The predicted octanol–water partition coefficient (Wildman–Crippen LogP) is -0.0109. The summed E-state index contributed by atoms with van der Waals surface area (Å²) in [7, 11) is 1.39. The number of β-lactam (4-membered cyclic amide) rings is 1. The van der Waals surface area contributed by atoms with Gasteiger partial charge in [-0.1, -0.05) is 0 Å². The van der Waals surface area contributed by atoms with Crippen molar-refractivity contribution in [2.45, 2.75) is 31.6 Å². The molecule has 0 saturated carbocycles. The molecule has 2 saturated heterocycles. The number of hydrogen-bond donors (Lipinski definition) is 2. The van der Waals surface area contributed by atoms with Gasteiger partial charge in [0.1, 0.15) is 22.5 Å². The quantitative estimate of drug-likeness (QED) is 0.0951. The number of carbonyl (C=O) groups is 6. The van der Waals surface area contributed by atoms with Gasteiger partial charge >= 0.3 is 12.1 Å². The second kappa shape index (κ2) is 11.7. The van der Waals surface area contributed by atoms with Crippen LogP contribution in [0.1, 0.15) is 24.3 Å². The van der Waals surface area contributed by atoms with E-state index in [2.05, 4.69) is 20.4 Å². The van der Waals surface area contributed by atoms with Crippen LogP contribution < -0.4 is 10.6 Å². The topological polar surface area (TPSA) is 180 Å². The fourth-order valence-corrected chi connectivity index (χ4v) is 5.75. The lowest BCUT2D eigenvalue weighted by Crippen LogP contribution is -2.74. The number of amides is 3. The number of ether oxygens (including phenoxy) is 4. The minimum Gasteiger partial charge on any atom is -0.435 e. The summed E-state index contributed by atoms with van der Waals surface area (Å²) in [5, 5.41) is 5.65. The highest BCUT2D eigenvalue weighted by molar-refractivity contribution is 8.00. The molecule has 2 aliphatic heterocycles. The molecule has 2 N–H and O–H groups in total. The van der Waals surface area contributed by atoms with E-state index in [1.165, 1.54) is 36.1 Å². The molecule has 0 radical (unpaired) electrons. The van der Waals surface area contributed by atoms with Gasteiger partial charge in [-0.05, 0) is 6.92 Å². The van der Waals surface area contributed by atoms with Crippen LogP contribution >= 0.6 is 23.1 Å². The number of rotatable bonds is 11. The van der Waals surface area contributed by atoms with Crippen LogP contribution in [0.25, 0.3) is 0 Å². The van der Waals surface area contributed by atoms with Crippen molar-refractivity contribution in [2.75, 3.05) is 37.9 Å². The van der Waals surface area contributed by atoms with E-state index in [1.807, 2.05) is 0 Å². The van der Waals surface area contributed by atoms with E-state index in [4.69, 9.17) is 14.2 Å². The second-order valence-corrected chi connectivity index (χ2v) is 9.70. The van der Waals surface area contributed by atoms with Gasteiger partial charge in [0.2, 0.25) is 18.6 Å². The Hall–Kier alpha value is -3.24. The van der Waals surface area contributed by atoms with Crippen molar-refractivity contribution in [3.05, 3.63) is 11.1 Å². The number of nitrogens with zero attached hydrogens (tertiary/aromatic N) is 2. The van der Waals surface area contributed by atoms with Crippen molar-refractivity contribution in [1.29, 1.82) is 0 Å². The summed E-state index contributed by atoms with van der Waals surface area (Å²) in [5.74, 6) is -3.02. The van der Waals surface area contributed by atoms with Gasteiger partial charge in [0.05, 0.1) is 13.2 Å². The molecule has 36 heavy (non-hydrogen) atoms. The van der Waals surface area contributed by atoms with Crippen LogP contribution in [0.2, 0.25) is 0 Å². The molecule has 0 spiro atoms. The second-order valence-electron chi connectivity index (χ2n) is 7.74. The number of thioether (sulfide) groups is 1. The molecule has 2 aliphatic rings. The number of Topliss-reactive ketones (excluding diaryl/α,β-unsaturated/α-hetero) is 1. The zero-order valence-corrected chi connectivity index (χ0v) is 21.1. The fourth-order valence-electron chi connectivity index (χ4n) is 3.58. The van der Waals surface area contributed by atoms with Crippen LogP contribution in [-0.2, 0) is 38.1 Å². The number of carbonyl (C=O) groups excluding carboxylic acids is 6. The van der Waals surface area contributed by atoms with E-state index >= 15 is 0 Å². The van der Waals surface area contributed by atoms with Crippen LogP contribution in [0.5, 0.6) is 0 Å². The minimum atomic E-state index is -1.24. The fraction of sp³-hybridized carbons (Fsp3) is 0.550. The third-order valence-corrected chi connectivity index (χ3v) is 7.57. The maximum Gasteiger partial charge on any atom is 0.511 e. The zero-order valence-electron chi connectivity index (χ0n) is 19.5. The van der Waals surface area contributed by atoms with E-state index in [0.717, 1.165) is 11.3 Å². The first-order chi connectivity index (χ1) is 17.2. The van der Waals surface area contributed by atoms with Crippen molar-refractivity contribution in [1.82, 2.24) is 15.2 Å². The van der Waals surface area contributed by atoms with Crippen LogP contribution in [0.15, 0.2) is 5.38 Å². The Bertz CT molecular complexity index is 1050. The molecule has 0 aliphatic carbocycles. The number of ketones is 1. The largest absolute Gasteiger partial charge is 0.511 e. The molecule has 0 bridgehead atoms. The van der Waals surface area contributed by atoms with Gasteiger partial charge in [-0.25, -0.2) is 9.78 Å². The van der Waals surface area contributed by atoms with Gasteiger partial charge in [0, 0.05) is 31.7 Å². The maximum absolute atomic E-state index is 13.0. The molecule has 4 atom stereocenters. The van der Waals surface area contributed by atoms with Crippen molar-refractivity contribution in [3.8, 4) is 0 Å². The number of hydrogen-bond acceptors (Lipinski definition) is 13. The Morgan fingerprint density at radius 1 is 1.33 bits per heavy atom. The molecule has 196 valence electrons. The average molecular weight is 545 g/mol. The van der Waals surface area contributed by atoms with Crippen LogP contribution in [-0.4, -0.2) is 96.3 Å². The number of thiazole rings is 1. The van der Waals surface area contributed by atoms with Gasteiger partial charge in [-0.2, -0.15) is 0 Å². The maximum atomic E-state index is 13.0. The molecule has 3 heterocycles. The van der Waals surface area contributed by atoms with E-state index in [9.17, 15) is 28.8 Å². The summed E-state index contributed by atoms with van der Waals surface area (Å²) >= 11 is 2.18. The number of aromatic nitrogens is 1. The first-order valence-electron chi connectivity index (χ1n) is 10.6. The molecule has 0 aromatic carbocycles. The molecule has 2 fully saturated rings. The van der Waals surface area contributed by atoms with Crippen molar-refractivity contribution in [3.63, 3.8) is 0 Å². The van der Waals surface area contributed by atoms with Crippen molar-refractivity contribution >= 4 is 64.4 Å². The standard InChI is InChI=1S/C20H24N4O10S2/c1-4-32-19(30)34-10(2)33-17(29)20(7-31-3)6-24-15(28)12(16(24)36-8-20)23-14(27)13(26)11-5-35-18(22-11)21-9-25/h5,9-10,12,16H,4,6-8H2,1-3H3,(H,23,27)(H,21,22,25)/t10?,12?,16-,20?/m1/s1. The predicted molar refractivity (Wildman–Crippen MR) is 124 cm³/mol. The number of fused-ring (bicyclic) bond motifs is 1. The molecule has 16 heteroatoms. The average Bonchev–Trinajstić information content (AvgIpc) is 3.30. The number of methoxy groups -OCH3 is 1. The highest BCUT2D eigenvalue weighted by Gasteiger charge is 2.58. The zero-order chi connectivity index (χ0) is 26.5. The summed E-state index contributed by atoms with van der Waals surface area (Å²) in [4.78, 5) is 77.7. The summed E-state index contributed by atoms with van der Waals surface area (Å²) in [5.41, 5.74) is -1.41. The normalized spacial score (nSPS) is 23.4. The highest BCUT2D eigenvalue weighted by atomic mass is 32.2. The van der Waals surface area contributed by atoms with Gasteiger partial charge in [-0.15, -0.1) is 23.1 Å². The molecule has 3 unspecified atom stereocenters. The van der Waals surface area contributed by atoms with E-state index in [0.29, 0.717) is 6.41 Å². The molecule has 3 amide bonds. The lowest BCUT2D eigenvalue weighted by molar-refractivity contribution is -0.185. The first kappa shape index (κ1) is 27.3. The van der Waals surface area contributed by atoms with Crippen LogP contribution in [0.3, 0.4) is 0 Å². The number of anilines is 1. The van der Waals surface area contributed by atoms with Gasteiger partial charge < -0.3 is 34.5 Å². The smallest absolute Gasteiger partial charge is 0.435 e. The molecular formula is C20H24N4O10S2. The summed E-state index contributed by atoms with van der Waals surface area (Å²) < 4.78 is 20.0. The lowest BCUT2D eigenvalue weighted by Gasteiger charge is -2.53. The molecule has 14 nitrogen and oxygen atoms in total. The third kappa shape index (κ3) is 5.76. The molecule has 1 aromatic rings. The Morgan fingerprint density at radius 3 is 2.75 bits per heavy atom. The van der Waals surface area contributed by atoms with Gasteiger partial charge in [0.15, 0.2) is 5.13 Å². The van der Waals surface area contributed by atoms with Crippen molar-refractivity contribution < 1.29 is 47.7 Å². The number of esters is 1. The summed E-state index contributed by atoms with van der Waals surface area (Å²) in [6.07, 6.45) is -1.83. The third-order valence-electron chi connectivity index (χ3n) is 5.21. The molecule has 3 rings (SSSR count). The van der Waals surface area contributed by atoms with Crippen LogP contribution in [0, 0.1) is 5.41 Å². The lowest BCUT2D eigenvalue weighted by atomic mass is 9.88. The van der Waals surface area contributed by atoms with E-state index in [1.54, 1.807) is 6.92 Å².